The number of para-hydroxylation sites is 1. The maximum absolute atomic E-state index is 13.9. The van der Waals surface area contributed by atoms with Gasteiger partial charge in [-0.25, -0.2) is 8.42 Å². The molecule has 0 heterocycles. The number of hydrogen-bond acceptors (Lipinski definition) is 5. The predicted molar refractivity (Wildman–Crippen MR) is 151 cm³/mol. The number of rotatable bonds is 9. The van der Waals surface area contributed by atoms with Gasteiger partial charge >= 0.3 is 0 Å². The predicted octanol–water partition coefficient (Wildman–Crippen LogP) is 5.82. The van der Waals surface area contributed by atoms with Crippen LogP contribution in [0.25, 0.3) is 11.1 Å². The van der Waals surface area contributed by atoms with Crippen molar-refractivity contribution in [3.8, 4) is 22.6 Å². The Morgan fingerprint density at radius 3 is 2.08 bits per heavy atom. The van der Waals surface area contributed by atoms with Gasteiger partial charge < -0.3 is 14.8 Å². The van der Waals surface area contributed by atoms with E-state index in [-0.39, 0.29) is 10.6 Å². The zero-order chi connectivity index (χ0) is 27.3. The van der Waals surface area contributed by atoms with Gasteiger partial charge in [-0.05, 0) is 60.9 Å². The quantitative estimate of drug-likeness (QED) is 0.295. The monoisotopic (exact) mass is 530 g/mol. The molecule has 8 heteroatoms. The van der Waals surface area contributed by atoms with E-state index >= 15 is 0 Å². The summed E-state index contributed by atoms with van der Waals surface area (Å²) in [5.74, 6) is 0.200. The molecule has 0 aliphatic rings. The highest BCUT2D eigenvalue weighted by molar-refractivity contribution is 7.92. The molecule has 0 saturated carbocycles. The molecule has 0 bridgehead atoms. The van der Waals surface area contributed by atoms with Crippen LogP contribution in [0.3, 0.4) is 0 Å². The Kier molecular flexibility index (Phi) is 8.02. The Labute approximate surface area is 223 Å². The number of nitrogens with one attached hydrogen (secondary N) is 1. The Balaban J connectivity index is 1.72. The van der Waals surface area contributed by atoms with Crippen molar-refractivity contribution >= 4 is 27.3 Å². The van der Waals surface area contributed by atoms with Gasteiger partial charge in [0.2, 0.25) is 5.91 Å². The van der Waals surface area contributed by atoms with Gasteiger partial charge in [0, 0.05) is 17.3 Å². The molecule has 0 spiro atoms. The van der Waals surface area contributed by atoms with E-state index in [0.29, 0.717) is 17.1 Å². The van der Waals surface area contributed by atoms with E-state index in [1.165, 1.54) is 32.4 Å². The smallest absolute Gasteiger partial charge is 0.264 e. The number of nitrogens with zero attached hydrogens (tertiary/aromatic N) is 1. The average molecular weight is 531 g/mol. The van der Waals surface area contributed by atoms with Crippen LogP contribution in [0.4, 0.5) is 11.4 Å². The summed E-state index contributed by atoms with van der Waals surface area (Å²) in [6.07, 6.45) is 0. The number of anilines is 2. The van der Waals surface area contributed by atoms with Crippen LogP contribution in [0.15, 0.2) is 95.9 Å². The van der Waals surface area contributed by atoms with Gasteiger partial charge in [0.15, 0.2) is 11.5 Å². The highest BCUT2D eigenvalue weighted by Crippen LogP contribution is 2.33. The number of carbonyl (C=O) groups is 1. The van der Waals surface area contributed by atoms with Crippen molar-refractivity contribution in [3.63, 3.8) is 0 Å². The van der Waals surface area contributed by atoms with Crippen molar-refractivity contribution in [3.05, 3.63) is 102 Å². The van der Waals surface area contributed by atoms with Crippen LogP contribution in [-0.2, 0) is 14.8 Å². The van der Waals surface area contributed by atoms with E-state index in [9.17, 15) is 13.2 Å². The summed E-state index contributed by atoms with van der Waals surface area (Å²) >= 11 is 0. The van der Waals surface area contributed by atoms with E-state index in [1.54, 1.807) is 18.2 Å². The van der Waals surface area contributed by atoms with Crippen molar-refractivity contribution in [2.75, 3.05) is 30.4 Å². The van der Waals surface area contributed by atoms with Crippen LogP contribution < -0.4 is 19.1 Å². The van der Waals surface area contributed by atoms with Crippen molar-refractivity contribution in [1.82, 2.24) is 0 Å². The number of ether oxygens (including phenoxy) is 2. The first-order chi connectivity index (χ1) is 18.2. The summed E-state index contributed by atoms with van der Waals surface area (Å²) < 4.78 is 39.6. The van der Waals surface area contributed by atoms with Gasteiger partial charge in [0.1, 0.15) is 6.54 Å². The highest BCUT2D eigenvalue weighted by Gasteiger charge is 2.29. The molecule has 0 aliphatic heterocycles. The zero-order valence-corrected chi connectivity index (χ0v) is 22.6. The van der Waals surface area contributed by atoms with Crippen LogP contribution in [0, 0.1) is 13.8 Å². The minimum Gasteiger partial charge on any atom is -0.493 e. The largest absolute Gasteiger partial charge is 0.493 e. The van der Waals surface area contributed by atoms with Crippen LogP contribution in [0.2, 0.25) is 0 Å². The second-order valence-electron chi connectivity index (χ2n) is 8.83. The van der Waals surface area contributed by atoms with Crippen molar-refractivity contribution in [2.45, 2.75) is 18.7 Å². The van der Waals surface area contributed by atoms with E-state index in [4.69, 9.17) is 9.47 Å². The third-order valence-electron chi connectivity index (χ3n) is 6.01. The van der Waals surface area contributed by atoms with E-state index in [1.807, 2.05) is 68.4 Å². The van der Waals surface area contributed by atoms with Gasteiger partial charge in [-0.1, -0.05) is 54.6 Å². The number of methoxy groups -OCH3 is 2. The molecule has 38 heavy (non-hydrogen) atoms. The van der Waals surface area contributed by atoms with Gasteiger partial charge in [0.05, 0.1) is 24.8 Å². The SMILES string of the molecule is COc1ccc(S(=O)(=O)N(CC(=O)Nc2ccccc2-c2ccccc2)c2cc(C)cc(C)c2)cc1OC. The third kappa shape index (κ3) is 5.81. The topological polar surface area (TPSA) is 84.9 Å². The Bertz CT molecular complexity index is 1530. The minimum atomic E-state index is -4.16. The normalized spacial score (nSPS) is 11.1. The minimum absolute atomic E-state index is 0.0215. The molecule has 196 valence electrons. The Hall–Kier alpha value is -4.30. The number of carbonyl (C=O) groups excluding carboxylic acids is 1. The lowest BCUT2D eigenvalue weighted by Gasteiger charge is -2.25. The fourth-order valence-corrected chi connectivity index (χ4v) is 5.72. The number of hydrogen-bond donors (Lipinski definition) is 1. The van der Waals surface area contributed by atoms with Gasteiger partial charge in [-0.2, -0.15) is 0 Å². The van der Waals surface area contributed by atoms with E-state index in [2.05, 4.69) is 5.32 Å². The lowest BCUT2D eigenvalue weighted by molar-refractivity contribution is -0.114. The maximum Gasteiger partial charge on any atom is 0.264 e. The number of benzene rings is 4. The summed E-state index contributed by atoms with van der Waals surface area (Å²) in [5.41, 5.74) is 4.51. The molecule has 0 atom stereocenters. The molecule has 1 amide bonds. The highest BCUT2D eigenvalue weighted by atomic mass is 32.2. The number of amides is 1. The Morgan fingerprint density at radius 2 is 1.42 bits per heavy atom. The third-order valence-corrected chi connectivity index (χ3v) is 7.78. The second-order valence-corrected chi connectivity index (χ2v) is 10.7. The lowest BCUT2D eigenvalue weighted by Crippen LogP contribution is -2.38. The van der Waals surface area contributed by atoms with Crippen LogP contribution in [-0.4, -0.2) is 35.1 Å². The lowest BCUT2D eigenvalue weighted by atomic mass is 10.0. The molecule has 4 aromatic carbocycles. The fraction of sp³-hybridized carbons (Fsp3) is 0.167. The van der Waals surface area contributed by atoms with Gasteiger partial charge in [-0.15, -0.1) is 0 Å². The van der Waals surface area contributed by atoms with Crippen LogP contribution in [0.1, 0.15) is 11.1 Å². The summed E-state index contributed by atoms with van der Waals surface area (Å²) in [6.45, 7) is 3.34. The fourth-order valence-electron chi connectivity index (χ4n) is 4.30. The van der Waals surface area contributed by atoms with Gasteiger partial charge in [0.25, 0.3) is 10.0 Å². The van der Waals surface area contributed by atoms with Crippen LogP contribution >= 0.6 is 0 Å². The summed E-state index contributed by atoms with van der Waals surface area (Å²) in [4.78, 5) is 13.4. The molecule has 0 radical (unpaired) electrons. The molecule has 0 fully saturated rings. The number of aryl methyl sites for hydroxylation is 2. The van der Waals surface area contributed by atoms with E-state index in [0.717, 1.165) is 26.6 Å². The second kappa shape index (κ2) is 11.4. The van der Waals surface area contributed by atoms with Crippen molar-refractivity contribution in [2.24, 2.45) is 0 Å². The maximum atomic E-state index is 13.9. The molecule has 0 aromatic heterocycles. The molecule has 0 unspecified atom stereocenters. The zero-order valence-electron chi connectivity index (χ0n) is 21.8. The molecular weight excluding hydrogens is 500 g/mol. The average Bonchev–Trinajstić information content (AvgIpc) is 2.91. The first kappa shape index (κ1) is 26.8. The van der Waals surface area contributed by atoms with Gasteiger partial charge in [-0.3, -0.25) is 9.10 Å². The van der Waals surface area contributed by atoms with Crippen LogP contribution in [0.5, 0.6) is 11.5 Å². The van der Waals surface area contributed by atoms with E-state index < -0.39 is 22.5 Å². The number of sulfonamides is 1. The summed E-state index contributed by atoms with van der Waals surface area (Å²) in [7, 11) is -1.24. The first-order valence-corrected chi connectivity index (χ1v) is 13.4. The molecule has 4 rings (SSSR count). The molecule has 4 aromatic rings. The van der Waals surface area contributed by atoms with Crippen molar-refractivity contribution in [1.29, 1.82) is 0 Å². The Morgan fingerprint density at radius 1 is 0.789 bits per heavy atom. The molecule has 1 N–H and O–H groups in total. The molecule has 0 aliphatic carbocycles. The molecule has 7 nitrogen and oxygen atoms in total. The summed E-state index contributed by atoms with van der Waals surface area (Å²) in [6, 6.07) is 26.9. The van der Waals surface area contributed by atoms with Crippen molar-refractivity contribution < 1.29 is 22.7 Å². The summed E-state index contributed by atoms with van der Waals surface area (Å²) in [5, 5.41) is 2.91. The molecular formula is C30H30N2O5S. The first-order valence-electron chi connectivity index (χ1n) is 12.0. The molecule has 0 saturated heterocycles. The standard InChI is InChI=1S/C30H30N2O5S/c1-21-16-22(2)18-24(17-21)32(38(34,35)25-14-15-28(36-3)29(19-25)37-4)20-30(33)31-27-13-9-8-12-26(27)23-10-6-5-7-11-23/h5-19H,20H2,1-4H3,(H,31,33).